The molecule has 0 unspecified atom stereocenters. The average molecular weight is 472 g/mol. The molecular formula is C17H16Br2N2O4. The maximum atomic E-state index is 11.9. The Balaban J connectivity index is 1.99. The number of aromatic hydroxyl groups is 2. The van der Waals surface area contributed by atoms with Gasteiger partial charge in [0.15, 0.2) is 6.61 Å². The molecule has 3 N–H and O–H groups in total. The number of hydrogen-bond acceptors (Lipinski definition) is 5. The molecule has 0 fully saturated rings. The van der Waals surface area contributed by atoms with Crippen LogP contribution in [0.4, 0.5) is 0 Å². The number of rotatable bonds is 5. The minimum atomic E-state index is -0.438. The number of carbonyl (C=O) groups is 1. The van der Waals surface area contributed by atoms with Crippen molar-refractivity contribution in [2.75, 3.05) is 6.61 Å². The second-order valence-electron chi connectivity index (χ2n) is 5.26. The van der Waals surface area contributed by atoms with Crippen LogP contribution in [0.1, 0.15) is 18.1 Å². The Hall–Kier alpha value is -2.06. The van der Waals surface area contributed by atoms with Crippen LogP contribution >= 0.6 is 31.9 Å². The lowest BCUT2D eigenvalue weighted by molar-refractivity contribution is -0.123. The van der Waals surface area contributed by atoms with Gasteiger partial charge in [0.05, 0.1) is 10.2 Å². The van der Waals surface area contributed by atoms with E-state index in [9.17, 15) is 15.0 Å². The molecule has 0 spiro atoms. The van der Waals surface area contributed by atoms with Crippen molar-refractivity contribution in [3.05, 3.63) is 50.4 Å². The third kappa shape index (κ3) is 5.20. The number of nitrogens with one attached hydrogen (secondary N) is 1. The highest BCUT2D eigenvalue weighted by Gasteiger charge is 2.10. The number of ether oxygens (including phenoxy) is 1. The van der Waals surface area contributed by atoms with E-state index in [0.29, 0.717) is 17.0 Å². The largest absolute Gasteiger partial charge is 0.508 e. The molecule has 0 bridgehead atoms. The zero-order chi connectivity index (χ0) is 18.6. The first kappa shape index (κ1) is 19.3. The standard InChI is InChI=1S/C17H16Br2N2O4/c1-9-5-11(18)6-14(19)17(9)25-8-16(24)21-20-10(2)13-4-3-12(22)7-15(13)23/h3-7,22-23H,8H2,1-2H3,(H,21,24)/b20-10+. The van der Waals surface area contributed by atoms with Crippen LogP contribution in [0.3, 0.4) is 0 Å². The Kier molecular flexibility index (Phi) is 6.44. The summed E-state index contributed by atoms with van der Waals surface area (Å²) >= 11 is 6.77. The number of carbonyl (C=O) groups excluding carboxylic acids is 1. The topological polar surface area (TPSA) is 91.2 Å². The van der Waals surface area contributed by atoms with E-state index in [2.05, 4.69) is 42.4 Å². The van der Waals surface area contributed by atoms with Gasteiger partial charge in [-0.1, -0.05) is 15.9 Å². The molecule has 0 aliphatic rings. The van der Waals surface area contributed by atoms with E-state index < -0.39 is 5.91 Å². The summed E-state index contributed by atoms with van der Waals surface area (Å²) in [5.74, 6) is -0.0369. The van der Waals surface area contributed by atoms with Crippen molar-refractivity contribution >= 4 is 43.5 Å². The molecule has 25 heavy (non-hydrogen) atoms. The van der Waals surface area contributed by atoms with Gasteiger partial charge in [0, 0.05) is 16.1 Å². The van der Waals surface area contributed by atoms with E-state index in [1.165, 1.54) is 18.2 Å². The van der Waals surface area contributed by atoms with Crippen molar-refractivity contribution in [2.24, 2.45) is 5.10 Å². The Morgan fingerprint density at radius 3 is 2.60 bits per heavy atom. The van der Waals surface area contributed by atoms with Crippen molar-refractivity contribution in [2.45, 2.75) is 13.8 Å². The third-order valence-corrected chi connectivity index (χ3v) is 4.31. The molecule has 2 aromatic rings. The molecule has 2 rings (SSSR count). The monoisotopic (exact) mass is 470 g/mol. The first-order valence-corrected chi connectivity index (χ1v) is 8.80. The summed E-state index contributed by atoms with van der Waals surface area (Å²) in [6, 6.07) is 7.85. The Labute approximate surface area is 161 Å². The molecule has 0 aromatic heterocycles. The van der Waals surface area contributed by atoms with E-state index in [1.54, 1.807) is 6.92 Å². The predicted octanol–water partition coefficient (Wildman–Crippen LogP) is 3.85. The summed E-state index contributed by atoms with van der Waals surface area (Å²) in [6.07, 6.45) is 0. The molecule has 0 heterocycles. The van der Waals surface area contributed by atoms with Crippen LogP contribution in [0.5, 0.6) is 17.2 Å². The Morgan fingerprint density at radius 1 is 1.24 bits per heavy atom. The van der Waals surface area contributed by atoms with E-state index >= 15 is 0 Å². The van der Waals surface area contributed by atoms with Crippen molar-refractivity contribution in [3.63, 3.8) is 0 Å². The van der Waals surface area contributed by atoms with Crippen LogP contribution in [0.15, 0.2) is 44.4 Å². The fraction of sp³-hybridized carbons (Fsp3) is 0.176. The zero-order valence-corrected chi connectivity index (χ0v) is 16.7. The molecule has 0 aliphatic carbocycles. The Bertz CT molecular complexity index is 814. The minimum absolute atomic E-state index is 0.0538. The number of amides is 1. The van der Waals surface area contributed by atoms with Gasteiger partial charge in [-0.2, -0.15) is 5.10 Å². The van der Waals surface area contributed by atoms with Gasteiger partial charge >= 0.3 is 0 Å². The second-order valence-corrected chi connectivity index (χ2v) is 7.03. The number of phenols is 2. The molecule has 0 saturated heterocycles. The van der Waals surface area contributed by atoms with Crippen LogP contribution < -0.4 is 10.2 Å². The summed E-state index contributed by atoms with van der Waals surface area (Å²) in [4.78, 5) is 11.9. The van der Waals surface area contributed by atoms with Gasteiger partial charge in [-0.3, -0.25) is 4.79 Å². The highest BCUT2D eigenvalue weighted by molar-refractivity contribution is 9.11. The van der Waals surface area contributed by atoms with Gasteiger partial charge in [0.25, 0.3) is 5.91 Å². The first-order valence-electron chi connectivity index (χ1n) is 7.22. The van der Waals surface area contributed by atoms with Gasteiger partial charge in [-0.15, -0.1) is 0 Å². The molecular weight excluding hydrogens is 456 g/mol. The van der Waals surface area contributed by atoms with E-state index in [-0.39, 0.29) is 18.1 Å². The molecule has 0 aliphatic heterocycles. The molecule has 2 aromatic carbocycles. The maximum absolute atomic E-state index is 11.9. The quantitative estimate of drug-likeness (QED) is 0.456. The molecule has 0 saturated carbocycles. The SMILES string of the molecule is C/C(=N\NC(=O)COc1c(C)cc(Br)cc1Br)c1ccc(O)cc1O. The van der Waals surface area contributed by atoms with Crippen molar-refractivity contribution in [1.29, 1.82) is 0 Å². The normalized spacial score (nSPS) is 11.3. The third-order valence-electron chi connectivity index (χ3n) is 3.26. The average Bonchev–Trinajstić information content (AvgIpc) is 2.51. The van der Waals surface area contributed by atoms with Gasteiger partial charge in [-0.05, 0) is 59.6 Å². The molecule has 8 heteroatoms. The number of hydrazone groups is 1. The molecule has 6 nitrogen and oxygen atoms in total. The summed E-state index contributed by atoms with van der Waals surface area (Å²) < 4.78 is 7.17. The molecule has 0 atom stereocenters. The van der Waals surface area contributed by atoms with E-state index in [1.807, 2.05) is 19.1 Å². The number of nitrogens with zero attached hydrogens (tertiary/aromatic N) is 1. The number of hydrogen-bond donors (Lipinski definition) is 3. The molecule has 132 valence electrons. The van der Waals surface area contributed by atoms with E-state index in [4.69, 9.17) is 4.74 Å². The lowest BCUT2D eigenvalue weighted by Crippen LogP contribution is -2.25. The van der Waals surface area contributed by atoms with Crippen molar-refractivity contribution in [1.82, 2.24) is 5.43 Å². The highest BCUT2D eigenvalue weighted by atomic mass is 79.9. The van der Waals surface area contributed by atoms with Gasteiger partial charge < -0.3 is 14.9 Å². The summed E-state index contributed by atoms with van der Waals surface area (Å²) in [7, 11) is 0. The van der Waals surface area contributed by atoms with E-state index in [0.717, 1.165) is 14.5 Å². The molecule has 1 amide bonds. The smallest absolute Gasteiger partial charge is 0.277 e. The summed E-state index contributed by atoms with van der Waals surface area (Å²) in [5.41, 5.74) is 4.05. The highest BCUT2D eigenvalue weighted by Crippen LogP contribution is 2.32. The van der Waals surface area contributed by atoms with Crippen molar-refractivity contribution < 1.29 is 19.7 Å². The van der Waals surface area contributed by atoms with Crippen LogP contribution in [0.25, 0.3) is 0 Å². The second kappa shape index (κ2) is 8.35. The lowest BCUT2D eigenvalue weighted by atomic mass is 10.1. The fourth-order valence-corrected chi connectivity index (χ4v) is 3.63. The number of benzene rings is 2. The summed E-state index contributed by atoms with van der Waals surface area (Å²) in [6.45, 7) is 3.29. The first-order chi connectivity index (χ1) is 11.8. The van der Waals surface area contributed by atoms with Crippen LogP contribution in [-0.4, -0.2) is 28.4 Å². The van der Waals surface area contributed by atoms with Crippen LogP contribution in [-0.2, 0) is 4.79 Å². The zero-order valence-electron chi connectivity index (χ0n) is 13.5. The number of phenolic OH excluding ortho intramolecular Hbond substituents is 2. The van der Waals surface area contributed by atoms with Crippen molar-refractivity contribution in [3.8, 4) is 17.2 Å². The van der Waals surface area contributed by atoms with Gasteiger partial charge in [0.2, 0.25) is 0 Å². The van der Waals surface area contributed by atoms with Crippen LogP contribution in [0, 0.1) is 6.92 Å². The fourth-order valence-electron chi connectivity index (χ4n) is 2.07. The number of halogens is 2. The Morgan fingerprint density at radius 2 is 1.96 bits per heavy atom. The lowest BCUT2D eigenvalue weighted by Gasteiger charge is -2.11. The van der Waals surface area contributed by atoms with Gasteiger partial charge in [-0.25, -0.2) is 5.43 Å². The van der Waals surface area contributed by atoms with Gasteiger partial charge in [0.1, 0.15) is 17.2 Å². The van der Waals surface area contributed by atoms with Crippen LogP contribution in [0.2, 0.25) is 0 Å². The maximum Gasteiger partial charge on any atom is 0.277 e. The molecule has 0 radical (unpaired) electrons. The number of aryl methyl sites for hydroxylation is 1. The predicted molar refractivity (Wildman–Crippen MR) is 102 cm³/mol. The summed E-state index contributed by atoms with van der Waals surface area (Å²) in [5, 5.41) is 23.0. The minimum Gasteiger partial charge on any atom is -0.508 e.